The van der Waals surface area contributed by atoms with E-state index < -0.39 is 15.9 Å². The second kappa shape index (κ2) is 9.97. The van der Waals surface area contributed by atoms with Crippen LogP contribution in [0.1, 0.15) is 19.8 Å². The maximum absolute atomic E-state index is 12.0. The van der Waals surface area contributed by atoms with Crippen molar-refractivity contribution < 1.29 is 17.9 Å². The normalized spacial score (nSPS) is 12.2. The Morgan fingerprint density at radius 2 is 2.09 bits per heavy atom. The molecule has 0 radical (unpaired) electrons. The average Bonchev–Trinajstić information content (AvgIpc) is 2.40. The minimum Gasteiger partial charge on any atom is -0.490 e. The standard InChI is InChI=1S/C14H21ClN2O4S.ClH/c1-3-4-11(16)14(18)17-12-9-10(15)5-6-13(12)21-7-8-22(2,19)20;/h5-6,9,11H,3-4,7-8,16H2,1-2H3,(H,17,18);1H. The summed E-state index contributed by atoms with van der Waals surface area (Å²) in [5, 5.41) is 3.09. The Hall–Kier alpha value is -1.02. The van der Waals surface area contributed by atoms with Crippen molar-refractivity contribution in [1.29, 1.82) is 0 Å². The van der Waals surface area contributed by atoms with Crippen molar-refractivity contribution in [3.8, 4) is 5.75 Å². The summed E-state index contributed by atoms with van der Waals surface area (Å²) in [6.45, 7) is 1.93. The number of ether oxygens (including phenoxy) is 1. The molecular formula is C14H22Cl2N2O4S. The van der Waals surface area contributed by atoms with Gasteiger partial charge in [-0.15, -0.1) is 12.4 Å². The number of sulfone groups is 1. The van der Waals surface area contributed by atoms with E-state index in [9.17, 15) is 13.2 Å². The molecule has 0 aliphatic rings. The van der Waals surface area contributed by atoms with Crippen molar-refractivity contribution in [2.75, 3.05) is 23.9 Å². The fourth-order valence-corrected chi connectivity index (χ4v) is 2.25. The molecule has 6 nitrogen and oxygen atoms in total. The lowest BCUT2D eigenvalue weighted by Crippen LogP contribution is -2.35. The summed E-state index contributed by atoms with van der Waals surface area (Å²) in [5.74, 6) is -0.0968. The number of amides is 1. The van der Waals surface area contributed by atoms with Crippen LogP contribution in [0, 0.1) is 0 Å². The van der Waals surface area contributed by atoms with E-state index in [0.717, 1.165) is 12.7 Å². The molecule has 0 fully saturated rings. The number of nitrogens with one attached hydrogen (secondary N) is 1. The number of hydrogen-bond donors (Lipinski definition) is 2. The number of hydrogen-bond acceptors (Lipinski definition) is 5. The second-order valence-corrected chi connectivity index (χ2v) is 7.70. The third-order valence-electron chi connectivity index (χ3n) is 2.85. The van der Waals surface area contributed by atoms with Gasteiger partial charge in [0.1, 0.15) is 12.4 Å². The summed E-state index contributed by atoms with van der Waals surface area (Å²) in [6, 6.07) is 4.09. The lowest BCUT2D eigenvalue weighted by molar-refractivity contribution is -0.117. The molecule has 0 spiro atoms. The van der Waals surface area contributed by atoms with Gasteiger partial charge in [0.25, 0.3) is 0 Å². The molecule has 132 valence electrons. The minimum absolute atomic E-state index is 0. The van der Waals surface area contributed by atoms with Crippen LogP contribution in [-0.4, -0.2) is 39.0 Å². The lowest BCUT2D eigenvalue weighted by Gasteiger charge is -2.15. The Balaban J connectivity index is 0.00000484. The van der Waals surface area contributed by atoms with Gasteiger partial charge in [0.2, 0.25) is 5.91 Å². The van der Waals surface area contributed by atoms with Gasteiger partial charge in [-0.2, -0.15) is 0 Å². The Morgan fingerprint density at radius 3 is 2.65 bits per heavy atom. The van der Waals surface area contributed by atoms with E-state index in [1.54, 1.807) is 12.1 Å². The van der Waals surface area contributed by atoms with Crippen molar-refractivity contribution >= 4 is 45.4 Å². The van der Waals surface area contributed by atoms with E-state index in [1.165, 1.54) is 6.07 Å². The van der Waals surface area contributed by atoms with E-state index >= 15 is 0 Å². The van der Waals surface area contributed by atoms with Crippen LogP contribution in [0.2, 0.25) is 5.02 Å². The fourth-order valence-electron chi connectivity index (χ4n) is 1.70. The van der Waals surface area contributed by atoms with Gasteiger partial charge in [-0.05, 0) is 24.6 Å². The maximum atomic E-state index is 12.0. The van der Waals surface area contributed by atoms with Gasteiger partial charge >= 0.3 is 0 Å². The van der Waals surface area contributed by atoms with Gasteiger partial charge in [0.15, 0.2) is 9.84 Å². The molecule has 1 rings (SSSR count). The van der Waals surface area contributed by atoms with Crippen molar-refractivity contribution in [3.05, 3.63) is 23.2 Å². The number of anilines is 1. The van der Waals surface area contributed by atoms with Crippen LogP contribution >= 0.6 is 24.0 Å². The van der Waals surface area contributed by atoms with Crippen molar-refractivity contribution in [2.24, 2.45) is 5.73 Å². The number of nitrogens with two attached hydrogens (primary N) is 1. The first kappa shape index (κ1) is 22.0. The third-order valence-corrected chi connectivity index (χ3v) is 3.99. The number of benzene rings is 1. The summed E-state index contributed by atoms with van der Waals surface area (Å²) in [7, 11) is -3.12. The smallest absolute Gasteiger partial charge is 0.241 e. The van der Waals surface area contributed by atoms with Crippen LogP contribution in [0.5, 0.6) is 5.75 Å². The average molecular weight is 385 g/mol. The highest BCUT2D eigenvalue weighted by Crippen LogP contribution is 2.28. The molecule has 0 heterocycles. The topological polar surface area (TPSA) is 98.5 Å². The predicted octanol–water partition coefficient (Wildman–Crippen LogP) is 2.25. The van der Waals surface area contributed by atoms with E-state index in [1.807, 2.05) is 6.92 Å². The molecule has 1 aromatic rings. The Kier molecular flexibility index (Phi) is 9.53. The molecule has 0 saturated carbocycles. The third kappa shape index (κ3) is 8.41. The molecule has 0 aliphatic heterocycles. The van der Waals surface area contributed by atoms with Gasteiger partial charge in [-0.1, -0.05) is 24.9 Å². The zero-order chi connectivity index (χ0) is 16.8. The van der Waals surface area contributed by atoms with Gasteiger partial charge < -0.3 is 15.8 Å². The first-order valence-corrected chi connectivity index (χ1v) is 9.33. The molecule has 0 aromatic heterocycles. The SMILES string of the molecule is CCCC(N)C(=O)Nc1cc(Cl)ccc1OCCS(C)(=O)=O.Cl. The Morgan fingerprint density at radius 1 is 1.43 bits per heavy atom. The summed E-state index contributed by atoms with van der Waals surface area (Å²) in [4.78, 5) is 12.0. The van der Waals surface area contributed by atoms with Crippen LogP contribution in [0.4, 0.5) is 5.69 Å². The fraction of sp³-hybridized carbons (Fsp3) is 0.500. The summed E-state index contributed by atoms with van der Waals surface area (Å²) >= 11 is 5.91. The number of carbonyl (C=O) groups excluding carboxylic acids is 1. The maximum Gasteiger partial charge on any atom is 0.241 e. The van der Waals surface area contributed by atoms with Gasteiger partial charge in [0.05, 0.1) is 17.5 Å². The molecule has 3 N–H and O–H groups in total. The van der Waals surface area contributed by atoms with Crippen molar-refractivity contribution in [3.63, 3.8) is 0 Å². The van der Waals surface area contributed by atoms with Crippen LogP contribution in [0.15, 0.2) is 18.2 Å². The highest BCUT2D eigenvalue weighted by molar-refractivity contribution is 7.90. The molecule has 23 heavy (non-hydrogen) atoms. The highest BCUT2D eigenvalue weighted by Gasteiger charge is 2.15. The zero-order valence-electron chi connectivity index (χ0n) is 13.0. The van der Waals surface area contributed by atoms with Crippen LogP contribution < -0.4 is 15.8 Å². The van der Waals surface area contributed by atoms with Crippen molar-refractivity contribution in [2.45, 2.75) is 25.8 Å². The summed E-state index contributed by atoms with van der Waals surface area (Å²) in [5.41, 5.74) is 6.13. The van der Waals surface area contributed by atoms with Crippen LogP contribution in [-0.2, 0) is 14.6 Å². The van der Waals surface area contributed by atoms with Gasteiger partial charge in [-0.3, -0.25) is 4.79 Å². The molecule has 1 atom stereocenters. The molecule has 9 heteroatoms. The van der Waals surface area contributed by atoms with E-state index in [0.29, 0.717) is 22.9 Å². The number of carbonyl (C=O) groups is 1. The minimum atomic E-state index is -3.12. The highest BCUT2D eigenvalue weighted by atomic mass is 35.5. The Labute approximate surface area is 148 Å². The van der Waals surface area contributed by atoms with Crippen molar-refractivity contribution in [1.82, 2.24) is 0 Å². The Bertz CT molecular complexity index is 623. The van der Waals surface area contributed by atoms with E-state index in [2.05, 4.69) is 5.32 Å². The van der Waals surface area contributed by atoms with E-state index in [4.69, 9.17) is 22.1 Å². The largest absolute Gasteiger partial charge is 0.490 e. The summed E-state index contributed by atoms with van der Waals surface area (Å²) < 4.78 is 27.6. The van der Waals surface area contributed by atoms with Crippen LogP contribution in [0.25, 0.3) is 0 Å². The monoisotopic (exact) mass is 384 g/mol. The van der Waals surface area contributed by atoms with Crippen LogP contribution in [0.3, 0.4) is 0 Å². The van der Waals surface area contributed by atoms with Gasteiger partial charge in [0, 0.05) is 11.3 Å². The molecule has 1 unspecified atom stereocenters. The summed E-state index contributed by atoms with van der Waals surface area (Å²) in [6.07, 6.45) is 2.49. The predicted molar refractivity (Wildman–Crippen MR) is 95.4 cm³/mol. The molecule has 1 aromatic carbocycles. The number of rotatable bonds is 8. The molecule has 1 amide bonds. The molecular weight excluding hydrogens is 363 g/mol. The molecule has 0 saturated heterocycles. The quantitative estimate of drug-likeness (QED) is 0.715. The molecule has 0 aliphatic carbocycles. The first-order valence-electron chi connectivity index (χ1n) is 6.89. The zero-order valence-corrected chi connectivity index (χ0v) is 15.4. The lowest BCUT2D eigenvalue weighted by atomic mass is 10.1. The number of halogens is 2. The van der Waals surface area contributed by atoms with Gasteiger partial charge in [-0.25, -0.2) is 8.42 Å². The second-order valence-electron chi connectivity index (χ2n) is 5.00. The van der Waals surface area contributed by atoms with E-state index in [-0.39, 0.29) is 30.7 Å². The molecule has 0 bridgehead atoms. The first-order chi connectivity index (χ1) is 10.2.